The molecule has 2 heterocycles. The maximum Gasteiger partial charge on any atom is 0.432 e. The van der Waals surface area contributed by atoms with E-state index in [1.807, 2.05) is 19.1 Å². The van der Waals surface area contributed by atoms with Gasteiger partial charge in [0.05, 0.1) is 11.4 Å². The topological polar surface area (TPSA) is 62.8 Å². The van der Waals surface area contributed by atoms with Gasteiger partial charge in [-0.15, -0.1) is 11.3 Å². The van der Waals surface area contributed by atoms with Crippen molar-refractivity contribution in [1.82, 2.24) is 4.98 Å². The molecule has 110 valence electrons. The van der Waals surface area contributed by atoms with Crippen molar-refractivity contribution >= 4 is 22.7 Å². The van der Waals surface area contributed by atoms with E-state index in [2.05, 4.69) is 4.98 Å². The van der Waals surface area contributed by atoms with Gasteiger partial charge in [-0.05, 0) is 37.3 Å². The molecule has 3 N–H and O–H groups in total. The number of alkyl halides is 3. The van der Waals surface area contributed by atoms with Crippen LogP contribution in [0.1, 0.15) is 10.6 Å². The monoisotopic (exact) mass is 311 g/mol. The van der Waals surface area contributed by atoms with E-state index >= 15 is 0 Å². The van der Waals surface area contributed by atoms with Crippen LogP contribution in [0.25, 0.3) is 16.1 Å². The molecular weight excluding hydrogens is 299 g/mol. The van der Waals surface area contributed by atoms with E-state index in [1.165, 1.54) is 0 Å². The van der Waals surface area contributed by atoms with Crippen LogP contribution < -0.4 is 5.73 Å². The van der Waals surface area contributed by atoms with Gasteiger partial charge < -0.3 is 5.73 Å². The van der Waals surface area contributed by atoms with E-state index in [0.29, 0.717) is 6.08 Å². The van der Waals surface area contributed by atoms with Crippen LogP contribution in [0.15, 0.2) is 36.5 Å². The van der Waals surface area contributed by atoms with Crippen molar-refractivity contribution in [2.45, 2.75) is 13.1 Å². The predicted molar refractivity (Wildman–Crippen MR) is 78.2 cm³/mol. The molecule has 0 unspecified atom stereocenters. The van der Waals surface area contributed by atoms with Gasteiger partial charge in [0.15, 0.2) is 0 Å². The summed E-state index contributed by atoms with van der Waals surface area (Å²) in [5.41, 5.74) is 4.94. The molecule has 0 aliphatic heterocycles. The van der Waals surface area contributed by atoms with Crippen molar-refractivity contribution in [3.63, 3.8) is 0 Å². The molecule has 0 saturated heterocycles. The van der Waals surface area contributed by atoms with Gasteiger partial charge >= 0.3 is 6.18 Å². The van der Waals surface area contributed by atoms with Crippen molar-refractivity contribution in [2.24, 2.45) is 5.73 Å². The second-order valence-corrected chi connectivity index (χ2v) is 5.64. The summed E-state index contributed by atoms with van der Waals surface area (Å²) in [6, 6.07) is 7.22. The lowest BCUT2D eigenvalue weighted by molar-refractivity contribution is -0.0583. The SMILES string of the molecule is Cc1ccc(-c2ccc(/C(N)=C/C(=N)C(F)(F)F)nc2)s1. The van der Waals surface area contributed by atoms with Gasteiger partial charge in [-0.3, -0.25) is 10.4 Å². The lowest BCUT2D eigenvalue weighted by Gasteiger charge is -2.06. The largest absolute Gasteiger partial charge is 0.432 e. The second kappa shape index (κ2) is 5.69. The van der Waals surface area contributed by atoms with Crippen molar-refractivity contribution < 1.29 is 13.2 Å². The zero-order valence-corrected chi connectivity index (χ0v) is 11.8. The second-order valence-electron chi connectivity index (χ2n) is 4.35. The molecule has 0 bridgehead atoms. The van der Waals surface area contributed by atoms with Crippen LogP contribution in [0.4, 0.5) is 13.2 Å². The fourth-order valence-electron chi connectivity index (χ4n) is 1.61. The normalized spacial score (nSPS) is 12.5. The third-order valence-corrected chi connectivity index (χ3v) is 3.74. The van der Waals surface area contributed by atoms with Gasteiger partial charge in [-0.25, -0.2) is 0 Å². The molecular formula is C14H12F3N3S. The van der Waals surface area contributed by atoms with Crippen LogP contribution in [0, 0.1) is 12.3 Å². The molecule has 2 aromatic rings. The van der Waals surface area contributed by atoms with Crippen LogP contribution in [-0.2, 0) is 0 Å². The highest BCUT2D eigenvalue weighted by atomic mass is 32.1. The van der Waals surface area contributed by atoms with E-state index in [1.54, 1.807) is 29.7 Å². The van der Waals surface area contributed by atoms with E-state index in [-0.39, 0.29) is 11.4 Å². The number of nitrogens with zero attached hydrogens (tertiary/aromatic N) is 1. The number of hydrogen-bond donors (Lipinski definition) is 2. The third-order valence-electron chi connectivity index (χ3n) is 2.69. The van der Waals surface area contributed by atoms with Crippen LogP contribution >= 0.6 is 11.3 Å². The molecule has 0 radical (unpaired) electrons. The molecule has 0 spiro atoms. The van der Waals surface area contributed by atoms with Gasteiger partial charge in [-0.2, -0.15) is 13.2 Å². The highest BCUT2D eigenvalue weighted by Gasteiger charge is 2.32. The van der Waals surface area contributed by atoms with E-state index in [9.17, 15) is 13.2 Å². The number of rotatable bonds is 3. The highest BCUT2D eigenvalue weighted by molar-refractivity contribution is 7.15. The molecule has 0 aliphatic rings. The van der Waals surface area contributed by atoms with E-state index in [0.717, 1.165) is 15.3 Å². The molecule has 21 heavy (non-hydrogen) atoms. The predicted octanol–water partition coefficient (Wildman–Crippen LogP) is 4.00. The molecule has 0 saturated carbocycles. The Kier molecular flexibility index (Phi) is 4.13. The van der Waals surface area contributed by atoms with Crippen LogP contribution in [0.3, 0.4) is 0 Å². The third kappa shape index (κ3) is 3.69. The molecule has 7 heteroatoms. The van der Waals surface area contributed by atoms with Gasteiger partial charge in [0, 0.05) is 21.5 Å². The van der Waals surface area contributed by atoms with E-state index in [4.69, 9.17) is 11.1 Å². The Labute approximate surface area is 123 Å². The minimum absolute atomic E-state index is 0.189. The molecule has 0 atom stereocenters. The number of halogens is 3. The number of pyridine rings is 1. The van der Waals surface area contributed by atoms with Gasteiger partial charge in [0.2, 0.25) is 0 Å². The Morgan fingerprint density at radius 2 is 2.00 bits per heavy atom. The summed E-state index contributed by atoms with van der Waals surface area (Å²) in [5.74, 6) is 0. The Bertz CT molecular complexity index is 684. The van der Waals surface area contributed by atoms with Gasteiger partial charge in [0.1, 0.15) is 5.71 Å². The fraction of sp³-hybridized carbons (Fsp3) is 0.143. The Morgan fingerprint density at radius 3 is 2.48 bits per heavy atom. The molecule has 0 aliphatic carbocycles. The number of aromatic nitrogens is 1. The summed E-state index contributed by atoms with van der Waals surface area (Å²) >= 11 is 1.60. The average molecular weight is 311 g/mol. The zero-order chi connectivity index (χ0) is 15.6. The van der Waals surface area contributed by atoms with Crippen LogP contribution in [-0.4, -0.2) is 16.9 Å². The quantitative estimate of drug-likeness (QED) is 0.842. The number of nitrogens with two attached hydrogens (primary N) is 1. The highest BCUT2D eigenvalue weighted by Crippen LogP contribution is 2.27. The first-order valence-electron chi connectivity index (χ1n) is 5.93. The van der Waals surface area contributed by atoms with Crippen molar-refractivity contribution in [2.75, 3.05) is 0 Å². The van der Waals surface area contributed by atoms with Gasteiger partial charge in [-0.1, -0.05) is 0 Å². The molecule has 2 aromatic heterocycles. The lowest BCUT2D eigenvalue weighted by Crippen LogP contribution is -2.20. The maximum absolute atomic E-state index is 12.3. The first-order valence-corrected chi connectivity index (χ1v) is 6.75. The number of nitrogens with one attached hydrogen (secondary N) is 1. The Hall–Kier alpha value is -2.15. The minimum atomic E-state index is -4.71. The van der Waals surface area contributed by atoms with Crippen molar-refractivity contribution in [1.29, 1.82) is 5.41 Å². The average Bonchev–Trinajstić information content (AvgIpc) is 2.84. The zero-order valence-electron chi connectivity index (χ0n) is 11.0. The summed E-state index contributed by atoms with van der Waals surface area (Å²) in [7, 11) is 0. The summed E-state index contributed by atoms with van der Waals surface area (Å²) in [6.07, 6.45) is -2.59. The molecule has 3 nitrogen and oxygen atoms in total. The number of aryl methyl sites for hydroxylation is 1. The molecule has 0 aromatic carbocycles. The molecule has 0 amide bonds. The molecule has 2 rings (SSSR count). The fourth-order valence-corrected chi connectivity index (χ4v) is 2.47. The maximum atomic E-state index is 12.3. The Balaban J connectivity index is 2.23. The van der Waals surface area contributed by atoms with Crippen molar-refractivity contribution in [3.8, 4) is 10.4 Å². The summed E-state index contributed by atoms with van der Waals surface area (Å²) < 4.78 is 36.8. The Morgan fingerprint density at radius 1 is 1.29 bits per heavy atom. The van der Waals surface area contributed by atoms with Crippen LogP contribution in [0.5, 0.6) is 0 Å². The smallest absolute Gasteiger partial charge is 0.397 e. The lowest BCUT2D eigenvalue weighted by atomic mass is 10.2. The standard InChI is InChI=1S/C14H12F3N3S/c1-8-2-5-12(21-8)9-3-4-11(20-7-9)10(18)6-13(19)14(15,16)17/h2-7,19H,18H2,1H3/b10-6-,19-13?. The number of thiophene rings is 1. The van der Waals surface area contributed by atoms with Gasteiger partial charge in [0.25, 0.3) is 0 Å². The summed E-state index contributed by atoms with van der Waals surface area (Å²) in [5, 5.41) is 6.89. The number of allylic oxidation sites excluding steroid dienone is 1. The minimum Gasteiger partial charge on any atom is -0.397 e. The summed E-state index contributed by atoms with van der Waals surface area (Å²) in [6.45, 7) is 1.99. The first kappa shape index (κ1) is 15.2. The molecule has 0 fully saturated rings. The summed E-state index contributed by atoms with van der Waals surface area (Å²) in [4.78, 5) is 6.23. The van der Waals surface area contributed by atoms with Crippen molar-refractivity contribution in [3.05, 3.63) is 47.1 Å². The van der Waals surface area contributed by atoms with E-state index < -0.39 is 11.9 Å². The number of hydrogen-bond acceptors (Lipinski definition) is 4. The first-order chi connectivity index (χ1) is 9.77. The van der Waals surface area contributed by atoms with Crippen LogP contribution in [0.2, 0.25) is 0 Å².